The molecule has 1 saturated carbocycles. The summed E-state index contributed by atoms with van der Waals surface area (Å²) in [5, 5.41) is 11.9. The van der Waals surface area contributed by atoms with Gasteiger partial charge in [-0.15, -0.1) is 0 Å². The van der Waals surface area contributed by atoms with Crippen molar-refractivity contribution < 1.29 is 14.7 Å². The summed E-state index contributed by atoms with van der Waals surface area (Å²) in [5.74, 6) is -1.06. The third-order valence-corrected chi connectivity index (χ3v) is 4.31. The molecule has 0 unspecified atom stereocenters. The van der Waals surface area contributed by atoms with E-state index >= 15 is 0 Å². The Morgan fingerprint density at radius 1 is 1.10 bits per heavy atom. The summed E-state index contributed by atoms with van der Waals surface area (Å²) in [5.41, 5.74) is 3.09. The molecule has 1 aromatic rings. The van der Waals surface area contributed by atoms with E-state index in [1.165, 1.54) is 0 Å². The average Bonchev–Trinajstić information content (AvgIpc) is 2.44. The fourth-order valence-electron chi connectivity index (χ4n) is 2.72. The number of nitrogens with one attached hydrogen (secondary N) is 1. The smallest absolute Gasteiger partial charge is 0.306 e. The van der Waals surface area contributed by atoms with Crippen LogP contribution in [0.4, 0.5) is 5.69 Å². The molecule has 0 heterocycles. The van der Waals surface area contributed by atoms with Gasteiger partial charge in [-0.1, -0.05) is 12.1 Å². The minimum Gasteiger partial charge on any atom is -0.481 e. The van der Waals surface area contributed by atoms with Crippen molar-refractivity contribution in [3.05, 3.63) is 29.3 Å². The van der Waals surface area contributed by atoms with Gasteiger partial charge in [0, 0.05) is 11.6 Å². The highest BCUT2D eigenvalue weighted by Gasteiger charge is 2.29. The number of aliphatic carboxylic acids is 1. The van der Waals surface area contributed by atoms with Crippen LogP contribution in [-0.2, 0) is 9.59 Å². The van der Waals surface area contributed by atoms with Crippen molar-refractivity contribution in [2.75, 3.05) is 5.32 Å². The zero-order valence-electron chi connectivity index (χ0n) is 12.0. The average molecular weight is 275 g/mol. The lowest BCUT2D eigenvalue weighted by atomic mass is 9.81. The Labute approximate surface area is 119 Å². The Bertz CT molecular complexity index is 516. The SMILES string of the molecule is Cc1cccc(NC(=O)C2CCC(C(=O)O)CC2)c1C. The zero-order valence-corrected chi connectivity index (χ0v) is 12.0. The number of amides is 1. The Morgan fingerprint density at radius 2 is 1.70 bits per heavy atom. The molecule has 2 N–H and O–H groups in total. The van der Waals surface area contributed by atoms with E-state index in [0.29, 0.717) is 25.7 Å². The number of anilines is 1. The number of carbonyl (C=O) groups is 2. The molecule has 1 fully saturated rings. The van der Waals surface area contributed by atoms with Crippen LogP contribution in [0.3, 0.4) is 0 Å². The van der Waals surface area contributed by atoms with Crippen molar-refractivity contribution in [1.29, 1.82) is 0 Å². The molecule has 0 saturated heterocycles. The largest absolute Gasteiger partial charge is 0.481 e. The third kappa shape index (κ3) is 3.18. The van der Waals surface area contributed by atoms with Gasteiger partial charge in [0.15, 0.2) is 0 Å². The molecule has 108 valence electrons. The molecule has 0 atom stereocenters. The Hall–Kier alpha value is -1.84. The number of carboxylic acid groups (broad SMARTS) is 1. The molecule has 1 aromatic carbocycles. The van der Waals surface area contributed by atoms with Gasteiger partial charge in [-0.05, 0) is 56.7 Å². The van der Waals surface area contributed by atoms with Crippen molar-refractivity contribution in [1.82, 2.24) is 0 Å². The van der Waals surface area contributed by atoms with E-state index in [1.807, 2.05) is 32.0 Å². The van der Waals surface area contributed by atoms with E-state index in [9.17, 15) is 9.59 Å². The van der Waals surface area contributed by atoms with Crippen molar-refractivity contribution in [3.8, 4) is 0 Å². The molecular weight excluding hydrogens is 254 g/mol. The monoisotopic (exact) mass is 275 g/mol. The van der Waals surface area contributed by atoms with Gasteiger partial charge in [-0.3, -0.25) is 9.59 Å². The predicted molar refractivity (Wildman–Crippen MR) is 77.6 cm³/mol. The first-order valence-electron chi connectivity index (χ1n) is 7.09. The van der Waals surface area contributed by atoms with Crippen molar-refractivity contribution in [2.24, 2.45) is 11.8 Å². The molecule has 0 radical (unpaired) electrons. The third-order valence-electron chi connectivity index (χ3n) is 4.31. The fourth-order valence-corrected chi connectivity index (χ4v) is 2.72. The van der Waals surface area contributed by atoms with Gasteiger partial charge < -0.3 is 10.4 Å². The van der Waals surface area contributed by atoms with Crippen LogP contribution in [0.1, 0.15) is 36.8 Å². The van der Waals surface area contributed by atoms with Crippen LogP contribution < -0.4 is 5.32 Å². The lowest BCUT2D eigenvalue weighted by molar-refractivity contribution is -0.143. The molecule has 4 heteroatoms. The van der Waals surface area contributed by atoms with Gasteiger partial charge in [0.25, 0.3) is 0 Å². The van der Waals surface area contributed by atoms with E-state index in [0.717, 1.165) is 16.8 Å². The summed E-state index contributed by atoms with van der Waals surface area (Å²) in [7, 11) is 0. The Kier molecular flexibility index (Phi) is 4.42. The second-order valence-corrected chi connectivity index (χ2v) is 5.62. The van der Waals surface area contributed by atoms with E-state index in [1.54, 1.807) is 0 Å². The molecule has 1 amide bonds. The van der Waals surface area contributed by atoms with Crippen LogP contribution >= 0.6 is 0 Å². The highest BCUT2D eigenvalue weighted by Crippen LogP contribution is 2.30. The fraction of sp³-hybridized carbons (Fsp3) is 0.500. The molecule has 0 aliphatic heterocycles. The van der Waals surface area contributed by atoms with Gasteiger partial charge in [-0.25, -0.2) is 0 Å². The summed E-state index contributed by atoms with van der Waals surface area (Å²) < 4.78 is 0. The summed E-state index contributed by atoms with van der Waals surface area (Å²) >= 11 is 0. The second-order valence-electron chi connectivity index (χ2n) is 5.62. The normalized spacial score (nSPS) is 22.3. The number of carbonyl (C=O) groups excluding carboxylic acids is 1. The van der Waals surface area contributed by atoms with Gasteiger partial charge in [0.1, 0.15) is 0 Å². The van der Waals surface area contributed by atoms with Crippen LogP contribution in [-0.4, -0.2) is 17.0 Å². The number of rotatable bonds is 3. The van der Waals surface area contributed by atoms with Gasteiger partial charge in [0.05, 0.1) is 5.92 Å². The summed E-state index contributed by atoms with van der Waals surface area (Å²) in [4.78, 5) is 23.2. The maximum absolute atomic E-state index is 12.2. The molecule has 1 aliphatic carbocycles. The van der Waals surface area contributed by atoms with E-state index in [2.05, 4.69) is 5.32 Å². The number of hydrogen-bond donors (Lipinski definition) is 2. The highest BCUT2D eigenvalue weighted by molar-refractivity contribution is 5.93. The second kappa shape index (κ2) is 6.07. The van der Waals surface area contributed by atoms with Crippen molar-refractivity contribution in [3.63, 3.8) is 0 Å². The minimum absolute atomic E-state index is 0.0162. The Morgan fingerprint density at radius 3 is 2.30 bits per heavy atom. The van der Waals surface area contributed by atoms with Crippen LogP contribution in [0.5, 0.6) is 0 Å². The number of benzene rings is 1. The first kappa shape index (κ1) is 14.6. The number of aryl methyl sites for hydroxylation is 1. The molecule has 2 rings (SSSR count). The molecule has 4 nitrogen and oxygen atoms in total. The molecule has 0 aromatic heterocycles. The minimum atomic E-state index is -0.738. The van der Waals surface area contributed by atoms with Crippen LogP contribution in [0, 0.1) is 25.7 Å². The van der Waals surface area contributed by atoms with Crippen LogP contribution in [0.15, 0.2) is 18.2 Å². The molecule has 1 aliphatic rings. The van der Waals surface area contributed by atoms with Crippen molar-refractivity contribution >= 4 is 17.6 Å². The van der Waals surface area contributed by atoms with Gasteiger partial charge in [-0.2, -0.15) is 0 Å². The molecule has 0 bridgehead atoms. The van der Waals surface area contributed by atoms with Gasteiger partial charge >= 0.3 is 5.97 Å². The summed E-state index contributed by atoms with van der Waals surface area (Å²) in [6.45, 7) is 4.01. The van der Waals surface area contributed by atoms with E-state index < -0.39 is 5.97 Å². The topological polar surface area (TPSA) is 66.4 Å². The maximum atomic E-state index is 12.2. The lowest BCUT2D eigenvalue weighted by Gasteiger charge is -2.25. The van der Waals surface area contributed by atoms with Crippen LogP contribution in [0.25, 0.3) is 0 Å². The maximum Gasteiger partial charge on any atom is 0.306 e. The van der Waals surface area contributed by atoms with Gasteiger partial charge in [0.2, 0.25) is 5.91 Å². The standard InChI is InChI=1S/C16H21NO3/c1-10-4-3-5-14(11(10)2)17-15(18)12-6-8-13(9-7-12)16(19)20/h3-5,12-13H,6-9H2,1-2H3,(H,17,18)(H,19,20). The first-order valence-corrected chi connectivity index (χ1v) is 7.09. The zero-order chi connectivity index (χ0) is 14.7. The molecule has 20 heavy (non-hydrogen) atoms. The summed E-state index contributed by atoms with van der Waals surface area (Å²) in [6, 6.07) is 5.85. The summed E-state index contributed by atoms with van der Waals surface area (Å²) in [6.07, 6.45) is 2.52. The lowest BCUT2D eigenvalue weighted by Crippen LogP contribution is -2.29. The first-order chi connectivity index (χ1) is 9.49. The van der Waals surface area contributed by atoms with E-state index in [4.69, 9.17) is 5.11 Å². The van der Waals surface area contributed by atoms with Crippen LogP contribution in [0.2, 0.25) is 0 Å². The van der Waals surface area contributed by atoms with E-state index in [-0.39, 0.29) is 17.7 Å². The molecule has 0 spiro atoms. The van der Waals surface area contributed by atoms with Crippen molar-refractivity contribution in [2.45, 2.75) is 39.5 Å². The molecular formula is C16H21NO3. The highest BCUT2D eigenvalue weighted by atomic mass is 16.4. The quantitative estimate of drug-likeness (QED) is 0.890. The Balaban J connectivity index is 1.96. The number of carboxylic acids is 1. The number of hydrogen-bond acceptors (Lipinski definition) is 2. The predicted octanol–water partition coefficient (Wildman–Crippen LogP) is 3.13.